The number of hydrogen-bond acceptors (Lipinski definition) is 5. The fourth-order valence-electron chi connectivity index (χ4n) is 5.88. The Kier molecular flexibility index (Phi) is 24.8. The average Bonchev–Trinajstić information content (AvgIpc) is 3.48. The molecule has 5 heteroatoms. The van der Waals surface area contributed by atoms with Crippen molar-refractivity contribution in [3.63, 3.8) is 0 Å². The smallest absolute Gasteiger partial charge is 0.278 e. The van der Waals surface area contributed by atoms with E-state index in [0.29, 0.717) is 25.0 Å². The second kappa shape index (κ2) is 28.1. The minimum absolute atomic E-state index is 0.575. The van der Waals surface area contributed by atoms with Crippen LogP contribution in [0.4, 0.5) is 0 Å². The minimum atomic E-state index is 0.575. The van der Waals surface area contributed by atoms with E-state index in [1.165, 1.54) is 167 Å². The monoisotopic (exact) mass is 617 g/mol. The van der Waals surface area contributed by atoms with Crippen molar-refractivity contribution in [1.29, 1.82) is 0 Å². The topological polar surface area (TPSA) is 44.2 Å². The molecule has 0 aliphatic heterocycles. The molecule has 0 aromatic carbocycles. The number of rotatable bonds is 32. The zero-order valence-corrected chi connectivity index (χ0v) is 29.3. The Morgan fingerprint density at radius 2 is 0.651 bits per heavy atom. The van der Waals surface area contributed by atoms with Crippen LogP contribution in [-0.2, 0) is 0 Å². The first-order valence-electron chi connectivity index (χ1n) is 18.8. The van der Waals surface area contributed by atoms with Crippen LogP contribution in [0.2, 0.25) is 0 Å². The summed E-state index contributed by atoms with van der Waals surface area (Å²) in [5.41, 5.74) is 1.81. The molecular formula is C38H68N2O2S. The average molecular weight is 617 g/mol. The maximum absolute atomic E-state index is 6.10. The first kappa shape index (κ1) is 37.8. The van der Waals surface area contributed by atoms with Gasteiger partial charge in [-0.1, -0.05) is 181 Å². The summed E-state index contributed by atoms with van der Waals surface area (Å²) in [5.74, 6) is 1.15. The summed E-state index contributed by atoms with van der Waals surface area (Å²) in [6, 6.07) is 0. The molecule has 4 nitrogen and oxygen atoms in total. The standard InChI is InChI=1S/C38H68N2O2S/c1-3-5-7-9-11-13-15-17-19-21-23-25-27-29-31-41-37-38(40-36-34-43-33-35(36)39-37)42-32-30-28-26-24-22-20-18-16-14-12-10-8-6-4-2/h33-34H,3-32H2,1-2H3. The third-order valence-electron chi connectivity index (χ3n) is 8.72. The van der Waals surface area contributed by atoms with Crippen molar-refractivity contribution >= 4 is 22.4 Å². The van der Waals surface area contributed by atoms with E-state index in [2.05, 4.69) is 13.8 Å². The van der Waals surface area contributed by atoms with E-state index in [-0.39, 0.29) is 0 Å². The van der Waals surface area contributed by atoms with Crippen LogP contribution < -0.4 is 9.47 Å². The van der Waals surface area contributed by atoms with Crippen molar-refractivity contribution in [2.45, 2.75) is 194 Å². The molecule has 0 aliphatic rings. The lowest BCUT2D eigenvalue weighted by atomic mass is 10.0. The Balaban J connectivity index is 1.47. The highest BCUT2D eigenvalue weighted by molar-refractivity contribution is 7.09. The number of nitrogens with zero attached hydrogens (tertiary/aromatic N) is 2. The van der Waals surface area contributed by atoms with Crippen LogP contribution in [0.25, 0.3) is 11.0 Å². The van der Waals surface area contributed by atoms with Crippen LogP contribution in [0.1, 0.15) is 194 Å². The molecule has 0 N–H and O–H groups in total. The summed E-state index contributed by atoms with van der Waals surface area (Å²) in [4.78, 5) is 9.46. The summed E-state index contributed by atoms with van der Waals surface area (Å²) < 4.78 is 12.2. The third-order valence-corrected chi connectivity index (χ3v) is 9.44. The third kappa shape index (κ3) is 20.3. The highest BCUT2D eigenvalue weighted by Gasteiger charge is 2.12. The SMILES string of the molecule is CCCCCCCCCCCCCCCCOc1nc2cscc2nc1OCCCCCCCCCCCCCCCC. The van der Waals surface area contributed by atoms with Gasteiger partial charge < -0.3 is 9.47 Å². The molecule has 0 amide bonds. The summed E-state index contributed by atoms with van der Waals surface area (Å²) >= 11 is 1.63. The molecule has 2 aromatic heterocycles. The molecule has 0 bridgehead atoms. The fraction of sp³-hybridized carbons (Fsp3) is 0.842. The van der Waals surface area contributed by atoms with Gasteiger partial charge in [-0.3, -0.25) is 0 Å². The number of fused-ring (bicyclic) bond motifs is 1. The van der Waals surface area contributed by atoms with E-state index in [1.807, 2.05) is 10.8 Å². The molecule has 2 rings (SSSR count). The second-order valence-corrected chi connectivity index (χ2v) is 13.6. The lowest BCUT2D eigenvalue weighted by molar-refractivity contribution is 0.243. The van der Waals surface area contributed by atoms with E-state index in [0.717, 1.165) is 23.9 Å². The van der Waals surface area contributed by atoms with Gasteiger partial charge in [-0.2, -0.15) is 0 Å². The molecule has 43 heavy (non-hydrogen) atoms. The van der Waals surface area contributed by atoms with Gasteiger partial charge in [0.1, 0.15) is 11.0 Å². The van der Waals surface area contributed by atoms with E-state index < -0.39 is 0 Å². The number of thiophene rings is 1. The van der Waals surface area contributed by atoms with Crippen molar-refractivity contribution in [2.75, 3.05) is 13.2 Å². The molecule has 0 spiro atoms. The lowest BCUT2D eigenvalue weighted by Crippen LogP contribution is -2.06. The van der Waals surface area contributed by atoms with Gasteiger partial charge in [0, 0.05) is 10.8 Å². The number of hydrogen-bond donors (Lipinski definition) is 0. The summed E-state index contributed by atoms with van der Waals surface area (Å²) in [6.07, 6.45) is 38.2. The highest BCUT2D eigenvalue weighted by atomic mass is 32.1. The molecule has 0 saturated carbocycles. The fourth-order valence-corrected chi connectivity index (χ4v) is 6.56. The first-order chi connectivity index (χ1) is 21.3. The summed E-state index contributed by atoms with van der Waals surface area (Å²) in [5, 5.41) is 4.08. The Morgan fingerprint density at radius 3 is 0.930 bits per heavy atom. The van der Waals surface area contributed by atoms with Gasteiger partial charge in [-0.05, 0) is 12.8 Å². The van der Waals surface area contributed by atoms with Crippen molar-refractivity contribution < 1.29 is 9.47 Å². The van der Waals surface area contributed by atoms with Crippen LogP contribution in [-0.4, -0.2) is 23.2 Å². The Bertz CT molecular complexity index is 803. The molecular weight excluding hydrogens is 548 g/mol. The molecule has 0 atom stereocenters. The second-order valence-electron chi connectivity index (χ2n) is 12.9. The maximum Gasteiger partial charge on any atom is 0.278 e. The van der Waals surface area contributed by atoms with E-state index >= 15 is 0 Å². The van der Waals surface area contributed by atoms with Gasteiger partial charge in [-0.15, -0.1) is 11.3 Å². The van der Waals surface area contributed by atoms with Gasteiger partial charge in [0.25, 0.3) is 11.8 Å². The molecule has 0 fully saturated rings. The molecule has 0 aliphatic carbocycles. The Morgan fingerprint density at radius 1 is 0.395 bits per heavy atom. The van der Waals surface area contributed by atoms with E-state index in [9.17, 15) is 0 Å². The molecule has 0 saturated heterocycles. The van der Waals surface area contributed by atoms with Crippen LogP contribution in [0, 0.1) is 0 Å². The molecule has 2 aromatic rings. The van der Waals surface area contributed by atoms with Crippen molar-refractivity contribution in [3.05, 3.63) is 10.8 Å². The van der Waals surface area contributed by atoms with Crippen molar-refractivity contribution in [2.24, 2.45) is 0 Å². The quantitative estimate of drug-likeness (QED) is 0.0767. The molecule has 0 unspecified atom stereocenters. The Labute approximate surface area is 270 Å². The number of aromatic nitrogens is 2. The number of unbranched alkanes of at least 4 members (excludes halogenated alkanes) is 26. The highest BCUT2D eigenvalue weighted by Crippen LogP contribution is 2.28. The number of ether oxygens (including phenoxy) is 2. The predicted molar refractivity (Wildman–Crippen MR) is 189 cm³/mol. The molecule has 0 radical (unpaired) electrons. The van der Waals surface area contributed by atoms with Gasteiger partial charge in [-0.25, -0.2) is 9.97 Å². The van der Waals surface area contributed by atoms with E-state index in [1.54, 1.807) is 11.3 Å². The normalized spacial score (nSPS) is 11.5. The van der Waals surface area contributed by atoms with Gasteiger partial charge >= 0.3 is 0 Å². The van der Waals surface area contributed by atoms with E-state index in [4.69, 9.17) is 19.4 Å². The zero-order chi connectivity index (χ0) is 30.5. The van der Waals surface area contributed by atoms with Crippen molar-refractivity contribution in [3.8, 4) is 11.8 Å². The van der Waals surface area contributed by atoms with Crippen LogP contribution in [0.5, 0.6) is 11.8 Å². The Hall–Kier alpha value is -1.36. The molecule has 248 valence electrons. The van der Waals surface area contributed by atoms with Gasteiger partial charge in [0.05, 0.1) is 13.2 Å². The maximum atomic E-state index is 6.10. The summed E-state index contributed by atoms with van der Waals surface area (Å²) in [7, 11) is 0. The predicted octanol–water partition coefficient (Wildman–Crippen LogP) is 13.4. The first-order valence-corrected chi connectivity index (χ1v) is 19.8. The van der Waals surface area contributed by atoms with Crippen LogP contribution in [0.3, 0.4) is 0 Å². The largest absolute Gasteiger partial charge is 0.474 e. The minimum Gasteiger partial charge on any atom is -0.474 e. The van der Waals surface area contributed by atoms with Gasteiger partial charge in [0.2, 0.25) is 0 Å². The van der Waals surface area contributed by atoms with Crippen LogP contribution >= 0.6 is 11.3 Å². The van der Waals surface area contributed by atoms with Crippen molar-refractivity contribution in [1.82, 2.24) is 9.97 Å². The summed E-state index contributed by atoms with van der Waals surface area (Å²) in [6.45, 7) is 5.97. The molecule has 2 heterocycles. The van der Waals surface area contributed by atoms with Crippen LogP contribution in [0.15, 0.2) is 10.8 Å². The lowest BCUT2D eigenvalue weighted by Gasteiger charge is -2.11. The zero-order valence-electron chi connectivity index (χ0n) is 28.5. The van der Waals surface area contributed by atoms with Gasteiger partial charge in [0.15, 0.2) is 0 Å².